The normalized spacial score (nSPS) is 18.6. The Bertz CT molecular complexity index is 1010. The number of rotatable bonds is 4. The van der Waals surface area contributed by atoms with E-state index in [0.29, 0.717) is 30.9 Å². The molecule has 4 amide bonds. The van der Waals surface area contributed by atoms with Crippen LogP contribution in [0.4, 0.5) is 13.6 Å². The van der Waals surface area contributed by atoms with Crippen LogP contribution in [0.15, 0.2) is 42.5 Å². The first-order valence-electron chi connectivity index (χ1n) is 9.53. The van der Waals surface area contributed by atoms with Gasteiger partial charge in [0.05, 0.1) is 6.54 Å². The summed E-state index contributed by atoms with van der Waals surface area (Å²) in [6.07, 6.45) is 0. The lowest BCUT2D eigenvalue weighted by atomic mass is 10.1. The van der Waals surface area contributed by atoms with Crippen LogP contribution in [0, 0.1) is 11.6 Å². The topological polar surface area (TPSA) is 70.2 Å². The SMILES string of the molecule is CCN1C(=O)[C@@H]2CN(C(=O)c3ccc(Oc4ccc(F)c(F)c4)cc3)CCN2C1=O. The molecule has 7 nitrogen and oxygen atoms in total. The van der Waals surface area contributed by atoms with E-state index in [9.17, 15) is 23.2 Å². The predicted octanol–water partition coefficient (Wildman–Crippen LogP) is 2.87. The number of piperazine rings is 1. The molecule has 4 rings (SSSR count). The predicted molar refractivity (Wildman–Crippen MR) is 102 cm³/mol. The van der Waals surface area contributed by atoms with E-state index in [-0.39, 0.29) is 30.1 Å². The van der Waals surface area contributed by atoms with Crippen molar-refractivity contribution in [2.75, 3.05) is 26.2 Å². The third kappa shape index (κ3) is 3.47. The third-order valence-electron chi connectivity index (χ3n) is 5.24. The summed E-state index contributed by atoms with van der Waals surface area (Å²) < 4.78 is 31.8. The second-order valence-electron chi connectivity index (χ2n) is 7.03. The molecule has 156 valence electrons. The number of ether oxygens (including phenoxy) is 1. The van der Waals surface area contributed by atoms with Crippen molar-refractivity contribution in [1.82, 2.24) is 14.7 Å². The molecule has 0 aliphatic carbocycles. The first kappa shape index (κ1) is 19.8. The van der Waals surface area contributed by atoms with Crippen LogP contribution in [0.1, 0.15) is 17.3 Å². The highest BCUT2D eigenvalue weighted by Gasteiger charge is 2.47. The van der Waals surface area contributed by atoms with Crippen LogP contribution in [0.5, 0.6) is 11.5 Å². The van der Waals surface area contributed by atoms with Gasteiger partial charge in [0.2, 0.25) is 0 Å². The highest BCUT2D eigenvalue weighted by atomic mass is 19.2. The highest BCUT2D eigenvalue weighted by Crippen LogP contribution is 2.25. The summed E-state index contributed by atoms with van der Waals surface area (Å²) in [6, 6.07) is 8.47. The molecule has 2 aliphatic heterocycles. The van der Waals surface area contributed by atoms with E-state index in [2.05, 4.69) is 0 Å². The Hall–Kier alpha value is -3.49. The maximum atomic E-state index is 13.3. The molecule has 0 spiro atoms. The minimum Gasteiger partial charge on any atom is -0.457 e. The van der Waals surface area contributed by atoms with Crippen molar-refractivity contribution < 1.29 is 27.9 Å². The van der Waals surface area contributed by atoms with Crippen LogP contribution >= 0.6 is 0 Å². The fraction of sp³-hybridized carbons (Fsp3) is 0.286. The maximum Gasteiger partial charge on any atom is 0.327 e. The van der Waals surface area contributed by atoms with Gasteiger partial charge >= 0.3 is 6.03 Å². The van der Waals surface area contributed by atoms with Crippen molar-refractivity contribution >= 4 is 17.8 Å². The van der Waals surface area contributed by atoms with E-state index in [1.165, 1.54) is 15.9 Å². The van der Waals surface area contributed by atoms with Gasteiger partial charge in [-0.05, 0) is 43.3 Å². The molecule has 30 heavy (non-hydrogen) atoms. The smallest absolute Gasteiger partial charge is 0.327 e. The lowest BCUT2D eigenvalue weighted by Gasteiger charge is -2.35. The summed E-state index contributed by atoms with van der Waals surface area (Å²) in [7, 11) is 0. The van der Waals surface area contributed by atoms with Crippen LogP contribution < -0.4 is 4.74 Å². The summed E-state index contributed by atoms with van der Waals surface area (Å²) in [4.78, 5) is 41.7. The first-order valence-corrected chi connectivity index (χ1v) is 9.53. The molecule has 2 aliphatic rings. The summed E-state index contributed by atoms with van der Waals surface area (Å²) >= 11 is 0. The Labute approximate surface area is 171 Å². The lowest BCUT2D eigenvalue weighted by Crippen LogP contribution is -2.54. The van der Waals surface area contributed by atoms with E-state index in [0.717, 1.165) is 12.1 Å². The van der Waals surface area contributed by atoms with Gasteiger partial charge in [-0.3, -0.25) is 14.5 Å². The summed E-state index contributed by atoms with van der Waals surface area (Å²) in [5, 5.41) is 0. The van der Waals surface area contributed by atoms with Crippen LogP contribution in [0.2, 0.25) is 0 Å². The van der Waals surface area contributed by atoms with Crippen molar-refractivity contribution in [3.8, 4) is 11.5 Å². The zero-order valence-electron chi connectivity index (χ0n) is 16.2. The van der Waals surface area contributed by atoms with Crippen LogP contribution in [0.25, 0.3) is 0 Å². The summed E-state index contributed by atoms with van der Waals surface area (Å²) in [5.41, 5.74) is 0.394. The standard InChI is InChI=1S/C21H19F2N3O4/c1-2-25-20(28)18-12-24(9-10-26(18)21(25)29)19(27)13-3-5-14(6-4-13)30-15-7-8-16(22)17(23)11-15/h3-8,11,18H,2,9-10,12H2,1H3/t18-/m0/s1. The van der Waals surface area contributed by atoms with Crippen molar-refractivity contribution in [3.05, 3.63) is 59.7 Å². The van der Waals surface area contributed by atoms with Gasteiger partial charge in [-0.25, -0.2) is 13.6 Å². The molecule has 0 unspecified atom stereocenters. The Morgan fingerprint density at radius 1 is 1.03 bits per heavy atom. The van der Waals surface area contributed by atoms with Crippen LogP contribution in [-0.2, 0) is 4.79 Å². The Morgan fingerprint density at radius 3 is 2.40 bits per heavy atom. The van der Waals surface area contributed by atoms with E-state index in [1.807, 2.05) is 0 Å². The number of amides is 4. The number of benzene rings is 2. The second kappa shape index (κ2) is 7.74. The zero-order valence-corrected chi connectivity index (χ0v) is 16.2. The lowest BCUT2D eigenvalue weighted by molar-refractivity contribution is -0.129. The minimum absolute atomic E-state index is 0.133. The van der Waals surface area contributed by atoms with Gasteiger partial charge in [0.15, 0.2) is 11.6 Å². The maximum absolute atomic E-state index is 13.3. The van der Waals surface area contributed by atoms with Crippen LogP contribution in [0.3, 0.4) is 0 Å². The number of imide groups is 1. The molecule has 0 aromatic heterocycles. The molecule has 0 radical (unpaired) electrons. The minimum atomic E-state index is -1.01. The van der Waals surface area contributed by atoms with Gasteiger partial charge in [0.1, 0.15) is 17.5 Å². The first-order chi connectivity index (χ1) is 14.4. The second-order valence-corrected chi connectivity index (χ2v) is 7.03. The number of carbonyl (C=O) groups is 3. The molecular weight excluding hydrogens is 396 g/mol. The Balaban J connectivity index is 1.43. The van der Waals surface area contributed by atoms with Crippen molar-refractivity contribution in [2.24, 2.45) is 0 Å². The molecule has 2 aromatic rings. The monoisotopic (exact) mass is 415 g/mol. The van der Waals surface area contributed by atoms with Gasteiger partial charge in [-0.1, -0.05) is 0 Å². The van der Waals surface area contributed by atoms with Crippen molar-refractivity contribution in [2.45, 2.75) is 13.0 Å². The van der Waals surface area contributed by atoms with Crippen LogP contribution in [-0.4, -0.2) is 64.8 Å². The van der Waals surface area contributed by atoms with Gasteiger partial charge in [0.25, 0.3) is 11.8 Å². The fourth-order valence-electron chi connectivity index (χ4n) is 3.65. The summed E-state index contributed by atoms with van der Waals surface area (Å²) in [6.45, 7) is 2.82. The van der Waals surface area contributed by atoms with E-state index < -0.39 is 17.7 Å². The number of urea groups is 1. The number of hydrogen-bond donors (Lipinski definition) is 0. The van der Waals surface area contributed by atoms with Crippen molar-refractivity contribution in [3.63, 3.8) is 0 Å². The van der Waals surface area contributed by atoms with Gasteiger partial charge in [-0.15, -0.1) is 0 Å². The molecule has 0 N–H and O–H groups in total. The average molecular weight is 415 g/mol. The van der Waals surface area contributed by atoms with Crippen molar-refractivity contribution in [1.29, 1.82) is 0 Å². The van der Waals surface area contributed by atoms with Gasteiger partial charge < -0.3 is 14.5 Å². The third-order valence-corrected chi connectivity index (χ3v) is 5.24. The van der Waals surface area contributed by atoms with Gasteiger partial charge in [0, 0.05) is 31.3 Å². The quantitative estimate of drug-likeness (QED) is 0.720. The molecular formula is C21H19F2N3O4. The highest BCUT2D eigenvalue weighted by molar-refractivity contribution is 6.05. The van der Waals surface area contributed by atoms with Gasteiger partial charge in [-0.2, -0.15) is 0 Å². The molecule has 2 fully saturated rings. The Kier molecular flexibility index (Phi) is 5.11. The van der Waals surface area contributed by atoms with E-state index in [4.69, 9.17) is 4.74 Å². The zero-order chi connectivity index (χ0) is 21.4. The molecule has 2 heterocycles. The number of nitrogens with zero attached hydrogens (tertiary/aromatic N) is 3. The molecule has 9 heteroatoms. The molecule has 2 aromatic carbocycles. The molecule has 0 bridgehead atoms. The molecule has 1 atom stereocenters. The number of carbonyl (C=O) groups excluding carboxylic acids is 3. The van der Waals surface area contributed by atoms with E-state index >= 15 is 0 Å². The number of likely N-dealkylation sites (N-methyl/N-ethyl adjacent to an activating group) is 1. The largest absolute Gasteiger partial charge is 0.457 e. The number of halogens is 2. The number of fused-ring (bicyclic) bond motifs is 1. The summed E-state index contributed by atoms with van der Waals surface area (Å²) in [5.74, 6) is -2.03. The average Bonchev–Trinajstić information content (AvgIpc) is 3.00. The number of hydrogen-bond acceptors (Lipinski definition) is 4. The fourth-order valence-corrected chi connectivity index (χ4v) is 3.65. The molecule has 2 saturated heterocycles. The molecule has 0 saturated carbocycles. The van der Waals surface area contributed by atoms with E-state index in [1.54, 1.807) is 36.1 Å². The Morgan fingerprint density at radius 2 is 1.73 bits per heavy atom.